The van der Waals surface area contributed by atoms with E-state index in [1.165, 1.54) is 4.90 Å². The van der Waals surface area contributed by atoms with Crippen LogP contribution in [-0.4, -0.2) is 38.7 Å². The molecule has 1 amide bonds. The van der Waals surface area contributed by atoms with Crippen molar-refractivity contribution >= 4 is 11.6 Å². The fraction of sp³-hybridized carbons (Fsp3) is 0.500. The second-order valence-electron chi connectivity index (χ2n) is 5.42. The molecule has 0 radical (unpaired) electrons. The Labute approximate surface area is 131 Å². The lowest BCUT2D eigenvalue weighted by Gasteiger charge is -2.15. The van der Waals surface area contributed by atoms with Gasteiger partial charge < -0.3 is 4.90 Å². The Hall–Kier alpha value is -2.32. The molecule has 0 aliphatic carbocycles. The number of alkyl halides is 3. The third kappa shape index (κ3) is 3.91. The van der Waals surface area contributed by atoms with E-state index in [-0.39, 0.29) is 12.3 Å². The smallest absolute Gasteiger partial charge is 0.312 e. The fourth-order valence-electron chi connectivity index (χ4n) is 2.31. The van der Waals surface area contributed by atoms with Gasteiger partial charge in [-0.05, 0) is 13.8 Å². The summed E-state index contributed by atoms with van der Waals surface area (Å²) in [4.78, 5) is 13.8. The van der Waals surface area contributed by atoms with Gasteiger partial charge in [-0.25, -0.2) is 0 Å². The van der Waals surface area contributed by atoms with Crippen LogP contribution in [0.25, 0.3) is 0 Å². The number of aromatic nitrogens is 4. The summed E-state index contributed by atoms with van der Waals surface area (Å²) in [5, 5.41) is 7.88. The van der Waals surface area contributed by atoms with Crippen LogP contribution in [0.1, 0.15) is 17.0 Å². The van der Waals surface area contributed by atoms with Crippen LogP contribution in [0.2, 0.25) is 0 Å². The summed E-state index contributed by atoms with van der Waals surface area (Å²) in [6.45, 7) is 1.98. The van der Waals surface area contributed by atoms with Crippen LogP contribution in [0.5, 0.6) is 0 Å². The van der Waals surface area contributed by atoms with E-state index in [1.54, 1.807) is 45.0 Å². The van der Waals surface area contributed by atoms with Gasteiger partial charge in [-0.2, -0.15) is 23.4 Å². The van der Waals surface area contributed by atoms with Crippen molar-refractivity contribution in [2.24, 2.45) is 7.05 Å². The highest BCUT2D eigenvalue weighted by Gasteiger charge is 2.30. The van der Waals surface area contributed by atoms with Crippen molar-refractivity contribution in [3.8, 4) is 0 Å². The topological polar surface area (TPSA) is 56.0 Å². The SMILES string of the molecule is Cc1nn(CC(F)(F)F)c(C)c1CC(=O)N(C)c1cnn(C)c1. The Kier molecular flexibility index (Phi) is 4.49. The van der Waals surface area contributed by atoms with Crippen molar-refractivity contribution in [1.29, 1.82) is 0 Å². The van der Waals surface area contributed by atoms with E-state index in [2.05, 4.69) is 10.2 Å². The fourth-order valence-corrected chi connectivity index (χ4v) is 2.31. The Morgan fingerprint density at radius 1 is 1.35 bits per heavy atom. The van der Waals surface area contributed by atoms with E-state index < -0.39 is 12.7 Å². The van der Waals surface area contributed by atoms with Gasteiger partial charge in [-0.1, -0.05) is 0 Å². The number of carbonyl (C=O) groups excluding carboxylic acids is 1. The first-order valence-electron chi connectivity index (χ1n) is 6.93. The molecule has 0 unspecified atom stereocenters. The number of likely N-dealkylation sites (N-methyl/N-ethyl adjacent to an activating group) is 1. The van der Waals surface area contributed by atoms with Crippen molar-refractivity contribution in [2.45, 2.75) is 33.0 Å². The summed E-state index contributed by atoms with van der Waals surface area (Å²) in [7, 11) is 3.33. The third-order valence-electron chi connectivity index (χ3n) is 3.64. The molecule has 0 aliphatic heterocycles. The minimum absolute atomic E-state index is 0.0130. The lowest BCUT2D eigenvalue weighted by molar-refractivity contribution is -0.142. The predicted molar refractivity (Wildman–Crippen MR) is 78.1 cm³/mol. The highest BCUT2D eigenvalue weighted by molar-refractivity contribution is 5.94. The Balaban J connectivity index is 2.18. The molecule has 0 bridgehead atoms. The molecule has 0 spiro atoms. The zero-order chi connectivity index (χ0) is 17.4. The van der Waals surface area contributed by atoms with Gasteiger partial charge in [0, 0.05) is 31.5 Å². The summed E-state index contributed by atoms with van der Waals surface area (Å²) < 4.78 is 40.1. The van der Waals surface area contributed by atoms with Crippen molar-refractivity contribution in [1.82, 2.24) is 19.6 Å². The molecule has 0 aromatic carbocycles. The molecule has 0 saturated carbocycles. The highest BCUT2D eigenvalue weighted by atomic mass is 19.4. The number of carbonyl (C=O) groups is 1. The highest BCUT2D eigenvalue weighted by Crippen LogP contribution is 2.22. The molecule has 0 saturated heterocycles. The van der Waals surface area contributed by atoms with E-state index in [4.69, 9.17) is 0 Å². The maximum atomic E-state index is 12.5. The number of halogens is 3. The number of amides is 1. The number of hydrogen-bond acceptors (Lipinski definition) is 3. The number of nitrogens with zero attached hydrogens (tertiary/aromatic N) is 5. The Bertz CT molecular complexity index is 717. The Morgan fingerprint density at radius 2 is 2.00 bits per heavy atom. The van der Waals surface area contributed by atoms with Crippen molar-refractivity contribution in [3.63, 3.8) is 0 Å². The summed E-state index contributed by atoms with van der Waals surface area (Å²) in [5.41, 5.74) is 1.93. The molecular weight excluding hydrogens is 311 g/mol. The normalized spacial score (nSPS) is 11.8. The third-order valence-corrected chi connectivity index (χ3v) is 3.64. The van der Waals surface area contributed by atoms with Crippen LogP contribution in [0.15, 0.2) is 12.4 Å². The molecule has 0 fully saturated rings. The first-order valence-corrected chi connectivity index (χ1v) is 6.93. The summed E-state index contributed by atoms with van der Waals surface area (Å²) in [6.07, 6.45) is -1.13. The number of anilines is 1. The maximum absolute atomic E-state index is 12.5. The van der Waals surface area contributed by atoms with Gasteiger partial charge in [0.2, 0.25) is 5.91 Å². The van der Waals surface area contributed by atoms with Crippen molar-refractivity contribution in [2.75, 3.05) is 11.9 Å². The van der Waals surface area contributed by atoms with E-state index >= 15 is 0 Å². The van der Waals surface area contributed by atoms with Gasteiger partial charge in [0.25, 0.3) is 0 Å². The average Bonchev–Trinajstić information content (AvgIpc) is 2.96. The van der Waals surface area contributed by atoms with Gasteiger partial charge in [0.1, 0.15) is 6.54 Å². The minimum atomic E-state index is -4.35. The van der Waals surface area contributed by atoms with Crippen LogP contribution in [0, 0.1) is 13.8 Å². The second kappa shape index (κ2) is 6.05. The van der Waals surface area contributed by atoms with Crippen LogP contribution in [-0.2, 0) is 24.8 Å². The lowest BCUT2D eigenvalue weighted by Crippen LogP contribution is -2.28. The molecule has 0 aliphatic rings. The molecule has 126 valence electrons. The molecule has 0 N–H and O–H groups in total. The quantitative estimate of drug-likeness (QED) is 0.862. The van der Waals surface area contributed by atoms with Gasteiger partial charge in [0.15, 0.2) is 0 Å². The van der Waals surface area contributed by atoms with E-state index in [0.29, 0.717) is 22.6 Å². The van der Waals surface area contributed by atoms with Crippen LogP contribution in [0.4, 0.5) is 18.9 Å². The molecule has 2 aromatic heterocycles. The minimum Gasteiger partial charge on any atom is -0.312 e. The molecule has 2 aromatic rings. The molecule has 0 atom stereocenters. The van der Waals surface area contributed by atoms with Crippen LogP contribution < -0.4 is 4.90 Å². The molecular formula is C14H18F3N5O. The van der Waals surface area contributed by atoms with E-state index in [1.807, 2.05) is 0 Å². The van der Waals surface area contributed by atoms with Crippen molar-refractivity contribution < 1.29 is 18.0 Å². The second-order valence-corrected chi connectivity index (χ2v) is 5.42. The standard InChI is InChI=1S/C14H18F3N5O/c1-9-12(10(2)22(19-9)8-14(15,16)17)5-13(23)21(4)11-6-18-20(3)7-11/h6-7H,5,8H2,1-4H3. The molecule has 6 nitrogen and oxygen atoms in total. The summed E-state index contributed by atoms with van der Waals surface area (Å²) >= 11 is 0. The average molecular weight is 329 g/mol. The van der Waals surface area contributed by atoms with Gasteiger partial charge in [0.05, 0.1) is 24.0 Å². The van der Waals surface area contributed by atoms with Crippen LogP contribution in [0.3, 0.4) is 0 Å². The van der Waals surface area contributed by atoms with Gasteiger partial charge in [-0.3, -0.25) is 14.2 Å². The molecule has 2 rings (SSSR count). The largest absolute Gasteiger partial charge is 0.408 e. The van der Waals surface area contributed by atoms with Crippen molar-refractivity contribution in [3.05, 3.63) is 29.3 Å². The number of aryl methyl sites for hydroxylation is 2. The monoisotopic (exact) mass is 329 g/mol. The molecule has 2 heterocycles. The predicted octanol–water partition coefficient (Wildman–Crippen LogP) is 2.00. The number of hydrogen-bond donors (Lipinski definition) is 0. The van der Waals surface area contributed by atoms with Gasteiger partial charge >= 0.3 is 6.18 Å². The van der Waals surface area contributed by atoms with E-state index in [9.17, 15) is 18.0 Å². The Morgan fingerprint density at radius 3 is 2.52 bits per heavy atom. The number of rotatable bonds is 4. The summed E-state index contributed by atoms with van der Waals surface area (Å²) in [5.74, 6) is -0.240. The molecule has 9 heteroatoms. The zero-order valence-electron chi connectivity index (χ0n) is 13.3. The zero-order valence-corrected chi connectivity index (χ0v) is 13.3. The van der Waals surface area contributed by atoms with E-state index in [0.717, 1.165) is 4.68 Å². The van der Waals surface area contributed by atoms with Crippen LogP contribution >= 0.6 is 0 Å². The molecule has 23 heavy (non-hydrogen) atoms. The first-order chi connectivity index (χ1) is 10.6. The summed E-state index contributed by atoms with van der Waals surface area (Å²) in [6, 6.07) is 0. The van der Waals surface area contributed by atoms with Gasteiger partial charge in [-0.15, -0.1) is 0 Å². The lowest BCUT2D eigenvalue weighted by atomic mass is 10.1. The first kappa shape index (κ1) is 17.0. The maximum Gasteiger partial charge on any atom is 0.408 e.